The molecule has 0 rings (SSSR count). The molecule has 60 valence electrons. The van der Waals surface area contributed by atoms with Crippen molar-refractivity contribution >= 4 is 32.8 Å². The van der Waals surface area contributed by atoms with Crippen LogP contribution < -0.4 is 0 Å². The Bertz CT molecular complexity index is 108. The molecule has 2 nitrogen and oxygen atoms in total. The highest BCUT2D eigenvalue weighted by Gasteiger charge is 2.10. The molecule has 10 heavy (non-hydrogen) atoms. The molecule has 0 amide bonds. The molecule has 0 aliphatic rings. The molecule has 0 spiro atoms. The fraction of sp³-hybridized carbons (Fsp3) is 0.833. The minimum absolute atomic E-state index is 0.263. The highest BCUT2D eigenvalue weighted by Crippen LogP contribution is 2.08. The van der Waals surface area contributed by atoms with E-state index in [9.17, 15) is 4.79 Å². The van der Waals surface area contributed by atoms with Gasteiger partial charge in [0.05, 0.1) is 4.83 Å². The number of carbonyl (C=O) groups is 1. The maximum absolute atomic E-state index is 10.4. The average molecular weight is 230 g/mol. The van der Waals surface area contributed by atoms with Crippen LogP contribution in [0.15, 0.2) is 0 Å². The van der Waals surface area contributed by atoms with Crippen LogP contribution in [0.5, 0.6) is 0 Å². The van der Waals surface area contributed by atoms with Gasteiger partial charge in [-0.3, -0.25) is 4.79 Å². The molecular formula is C6H10BrClO2. The topological polar surface area (TPSA) is 26.3 Å². The van der Waals surface area contributed by atoms with Crippen LogP contribution in [0.3, 0.4) is 0 Å². The van der Waals surface area contributed by atoms with E-state index in [4.69, 9.17) is 16.3 Å². The van der Waals surface area contributed by atoms with E-state index in [1.54, 1.807) is 0 Å². The lowest BCUT2D eigenvalue weighted by Gasteiger charge is -2.02. The van der Waals surface area contributed by atoms with Crippen molar-refractivity contribution < 1.29 is 9.53 Å². The molecule has 0 aromatic heterocycles. The smallest absolute Gasteiger partial charge is 0.235 e. The van der Waals surface area contributed by atoms with Gasteiger partial charge in [-0.2, -0.15) is 0 Å². The van der Waals surface area contributed by atoms with Crippen LogP contribution in [0.25, 0.3) is 0 Å². The van der Waals surface area contributed by atoms with Gasteiger partial charge in [0.25, 0.3) is 0 Å². The lowest BCUT2D eigenvalue weighted by atomic mass is 10.3. The summed E-state index contributed by atoms with van der Waals surface area (Å²) in [4.78, 5) is 10.1. The number of alkyl halides is 1. The van der Waals surface area contributed by atoms with E-state index in [-0.39, 0.29) is 10.1 Å². The lowest BCUT2D eigenvalue weighted by molar-refractivity contribution is -0.111. The van der Waals surface area contributed by atoms with Gasteiger partial charge >= 0.3 is 0 Å². The summed E-state index contributed by atoms with van der Waals surface area (Å²) in [6, 6.07) is 0. The largest absolute Gasteiger partial charge is 0.382 e. The van der Waals surface area contributed by atoms with Gasteiger partial charge in [0, 0.05) is 13.2 Å². The zero-order valence-electron chi connectivity index (χ0n) is 5.77. The third kappa shape index (κ3) is 5.21. The molecule has 1 unspecified atom stereocenters. The first kappa shape index (κ1) is 10.4. The standard InChI is InChI=1S/C6H10BrClO2/c1-2-10-4-3-5(7)6(8)9/h5H,2-4H2,1H3. The third-order valence-corrected chi connectivity index (χ3v) is 2.37. The normalized spacial score (nSPS) is 13.1. The Kier molecular flexibility index (Phi) is 6.38. The van der Waals surface area contributed by atoms with Crippen molar-refractivity contribution in [3.63, 3.8) is 0 Å². The van der Waals surface area contributed by atoms with E-state index in [2.05, 4.69) is 15.9 Å². The molecule has 0 saturated heterocycles. The number of ether oxygens (including phenoxy) is 1. The van der Waals surface area contributed by atoms with E-state index in [0.717, 1.165) is 0 Å². The van der Waals surface area contributed by atoms with Crippen molar-refractivity contribution in [1.82, 2.24) is 0 Å². The number of rotatable bonds is 5. The molecule has 0 N–H and O–H groups in total. The molecule has 0 aliphatic heterocycles. The fourth-order valence-electron chi connectivity index (χ4n) is 0.445. The molecule has 0 fully saturated rings. The number of halogens is 2. The summed E-state index contributed by atoms with van der Waals surface area (Å²) in [5, 5.41) is -0.361. The van der Waals surface area contributed by atoms with Crippen molar-refractivity contribution in [2.75, 3.05) is 13.2 Å². The van der Waals surface area contributed by atoms with Gasteiger partial charge < -0.3 is 4.74 Å². The summed E-state index contributed by atoms with van der Waals surface area (Å²) in [5.41, 5.74) is 0. The van der Waals surface area contributed by atoms with E-state index in [0.29, 0.717) is 19.6 Å². The summed E-state index contributed by atoms with van der Waals surface area (Å²) in [6.07, 6.45) is 0.635. The zero-order valence-corrected chi connectivity index (χ0v) is 8.11. The van der Waals surface area contributed by atoms with E-state index < -0.39 is 0 Å². The maximum Gasteiger partial charge on any atom is 0.235 e. The van der Waals surface area contributed by atoms with Gasteiger partial charge in [0.1, 0.15) is 0 Å². The summed E-state index contributed by atoms with van der Waals surface area (Å²) in [5.74, 6) is 0. The first-order valence-corrected chi connectivity index (χ1v) is 4.39. The third-order valence-electron chi connectivity index (χ3n) is 0.966. The first-order valence-electron chi connectivity index (χ1n) is 3.09. The predicted octanol–water partition coefficient (Wildman–Crippen LogP) is 1.94. The van der Waals surface area contributed by atoms with Crippen LogP contribution in [-0.4, -0.2) is 23.3 Å². The van der Waals surface area contributed by atoms with Crippen molar-refractivity contribution in [3.05, 3.63) is 0 Å². The SMILES string of the molecule is CCOCCC(Br)C(=O)Cl. The fourth-order valence-corrected chi connectivity index (χ4v) is 0.741. The molecule has 4 heteroatoms. The van der Waals surface area contributed by atoms with Crippen LogP contribution in [-0.2, 0) is 9.53 Å². The van der Waals surface area contributed by atoms with Gasteiger partial charge in [-0.05, 0) is 24.9 Å². The second kappa shape index (κ2) is 6.13. The Hall–Kier alpha value is 0.400. The molecule has 0 saturated carbocycles. The molecule has 0 bridgehead atoms. The zero-order chi connectivity index (χ0) is 7.98. The van der Waals surface area contributed by atoms with E-state index in [1.165, 1.54) is 0 Å². The van der Waals surface area contributed by atoms with Crippen LogP contribution in [0, 0.1) is 0 Å². The van der Waals surface area contributed by atoms with Crippen LogP contribution in [0.2, 0.25) is 0 Å². The quantitative estimate of drug-likeness (QED) is 0.409. The van der Waals surface area contributed by atoms with Crippen molar-refractivity contribution in [2.24, 2.45) is 0 Å². The van der Waals surface area contributed by atoms with Crippen LogP contribution in [0.1, 0.15) is 13.3 Å². The summed E-state index contributed by atoms with van der Waals surface area (Å²) >= 11 is 8.28. The maximum atomic E-state index is 10.4. The minimum atomic E-state index is -0.361. The molecular weight excluding hydrogens is 219 g/mol. The monoisotopic (exact) mass is 228 g/mol. The van der Waals surface area contributed by atoms with Crippen LogP contribution in [0.4, 0.5) is 0 Å². The molecule has 0 radical (unpaired) electrons. The van der Waals surface area contributed by atoms with Gasteiger partial charge in [0.2, 0.25) is 5.24 Å². The predicted molar refractivity (Wildman–Crippen MR) is 44.7 cm³/mol. The number of hydrogen-bond donors (Lipinski definition) is 0. The molecule has 0 heterocycles. The van der Waals surface area contributed by atoms with E-state index in [1.807, 2.05) is 6.92 Å². The molecule has 0 aromatic carbocycles. The lowest BCUT2D eigenvalue weighted by Crippen LogP contribution is -2.10. The number of hydrogen-bond acceptors (Lipinski definition) is 2. The molecule has 0 aromatic rings. The van der Waals surface area contributed by atoms with Crippen molar-refractivity contribution in [1.29, 1.82) is 0 Å². The summed E-state index contributed by atoms with van der Waals surface area (Å²) in [7, 11) is 0. The van der Waals surface area contributed by atoms with Gasteiger partial charge in [-0.15, -0.1) is 0 Å². The van der Waals surface area contributed by atoms with Crippen LogP contribution >= 0.6 is 27.5 Å². The van der Waals surface area contributed by atoms with Gasteiger partial charge in [-0.25, -0.2) is 0 Å². The highest BCUT2D eigenvalue weighted by molar-refractivity contribution is 9.10. The van der Waals surface area contributed by atoms with Crippen molar-refractivity contribution in [2.45, 2.75) is 18.2 Å². The second-order valence-electron chi connectivity index (χ2n) is 1.76. The molecule has 0 aliphatic carbocycles. The Morgan fingerprint density at radius 3 is 2.80 bits per heavy atom. The number of carbonyl (C=O) groups excluding carboxylic acids is 1. The van der Waals surface area contributed by atoms with Gasteiger partial charge in [0.15, 0.2) is 0 Å². The minimum Gasteiger partial charge on any atom is -0.382 e. The summed E-state index contributed by atoms with van der Waals surface area (Å²) in [6.45, 7) is 3.16. The van der Waals surface area contributed by atoms with E-state index >= 15 is 0 Å². The summed E-state index contributed by atoms with van der Waals surface area (Å²) < 4.78 is 5.01. The first-order chi connectivity index (χ1) is 4.68. The Morgan fingerprint density at radius 2 is 2.40 bits per heavy atom. The Labute approximate surface area is 74.0 Å². The molecule has 1 atom stereocenters. The van der Waals surface area contributed by atoms with Gasteiger partial charge in [-0.1, -0.05) is 15.9 Å². The Balaban J connectivity index is 3.21. The van der Waals surface area contributed by atoms with Crippen molar-refractivity contribution in [3.8, 4) is 0 Å². The second-order valence-corrected chi connectivity index (χ2v) is 3.24. The average Bonchev–Trinajstić information content (AvgIpc) is 1.88. The Morgan fingerprint density at radius 1 is 1.80 bits per heavy atom. The highest BCUT2D eigenvalue weighted by atomic mass is 79.9.